The van der Waals surface area contributed by atoms with Crippen LogP contribution in [0, 0.1) is 0 Å². The molecule has 82 valence electrons. The van der Waals surface area contributed by atoms with Gasteiger partial charge in [-0.2, -0.15) is 12.6 Å². The maximum Gasteiger partial charge on any atom is 0.133 e. The number of thiol groups is 1. The lowest BCUT2D eigenvalue weighted by molar-refractivity contribution is 0.416. The van der Waals surface area contributed by atoms with Crippen molar-refractivity contribution in [2.24, 2.45) is 0 Å². The lowest BCUT2D eigenvalue weighted by Crippen LogP contribution is -2.33. The van der Waals surface area contributed by atoms with Crippen LogP contribution in [-0.2, 0) is 0 Å². The largest absolute Gasteiger partial charge is 0.368 e. The van der Waals surface area contributed by atoms with E-state index in [0.717, 1.165) is 22.2 Å². The number of hydrogen-bond acceptors (Lipinski definition) is 3. The van der Waals surface area contributed by atoms with Crippen LogP contribution < -0.4 is 5.32 Å². The molecule has 0 amide bonds. The predicted octanol–water partition coefficient (Wildman–Crippen LogP) is 3.25. The molecule has 0 spiro atoms. The highest BCUT2D eigenvalue weighted by Gasteiger charge is 2.13. The van der Waals surface area contributed by atoms with Crippen LogP contribution >= 0.6 is 36.6 Å². The summed E-state index contributed by atoms with van der Waals surface area (Å²) >= 11 is 11.2. The predicted molar refractivity (Wildman–Crippen MR) is 73.5 cm³/mol. The highest BCUT2D eigenvalue weighted by molar-refractivity contribution is 8.22. The minimum atomic E-state index is 0.653. The van der Waals surface area contributed by atoms with Crippen LogP contribution in [0.4, 0.5) is 0 Å². The Bertz CT molecular complexity index is 167. The monoisotopic (exact) mass is 249 g/mol. The Morgan fingerprint density at radius 2 is 2.07 bits per heavy atom. The normalized spacial score (nSPS) is 18.1. The van der Waals surface area contributed by atoms with Crippen LogP contribution in [0.3, 0.4) is 0 Å². The van der Waals surface area contributed by atoms with Crippen LogP contribution in [0.1, 0.15) is 38.5 Å². The zero-order valence-electron chi connectivity index (χ0n) is 8.50. The summed E-state index contributed by atoms with van der Waals surface area (Å²) in [6.07, 6.45) is 7.86. The van der Waals surface area contributed by atoms with E-state index in [4.69, 9.17) is 12.2 Å². The van der Waals surface area contributed by atoms with E-state index >= 15 is 0 Å². The fourth-order valence-electron chi connectivity index (χ4n) is 1.68. The highest BCUT2D eigenvalue weighted by Crippen LogP contribution is 2.18. The molecule has 0 saturated heterocycles. The van der Waals surface area contributed by atoms with Crippen molar-refractivity contribution in [2.45, 2.75) is 44.6 Å². The molecule has 1 nitrogen and oxygen atoms in total. The zero-order valence-corrected chi connectivity index (χ0v) is 11.0. The topological polar surface area (TPSA) is 12.0 Å². The Kier molecular flexibility index (Phi) is 7.08. The summed E-state index contributed by atoms with van der Waals surface area (Å²) < 4.78 is 0.985. The van der Waals surface area contributed by atoms with Gasteiger partial charge in [0, 0.05) is 11.8 Å². The second-order valence-electron chi connectivity index (χ2n) is 3.69. The van der Waals surface area contributed by atoms with Crippen molar-refractivity contribution >= 4 is 40.9 Å². The molecule has 0 aromatic carbocycles. The minimum absolute atomic E-state index is 0.653. The summed E-state index contributed by atoms with van der Waals surface area (Å²) in [5.74, 6) is 2.06. The van der Waals surface area contributed by atoms with Crippen LogP contribution in [0.2, 0.25) is 0 Å². The van der Waals surface area contributed by atoms with Crippen molar-refractivity contribution < 1.29 is 0 Å². The van der Waals surface area contributed by atoms with Gasteiger partial charge < -0.3 is 5.32 Å². The van der Waals surface area contributed by atoms with E-state index in [1.165, 1.54) is 32.1 Å². The Balaban J connectivity index is 2.06. The smallest absolute Gasteiger partial charge is 0.133 e. The molecule has 1 N–H and O–H groups in total. The van der Waals surface area contributed by atoms with Gasteiger partial charge in [-0.1, -0.05) is 43.2 Å². The Morgan fingerprint density at radius 1 is 1.36 bits per heavy atom. The van der Waals surface area contributed by atoms with Gasteiger partial charge in [-0.05, 0) is 25.0 Å². The molecule has 1 fully saturated rings. The lowest BCUT2D eigenvalue weighted by Gasteiger charge is -2.23. The fourth-order valence-corrected chi connectivity index (χ4v) is 3.20. The minimum Gasteiger partial charge on any atom is -0.368 e. The van der Waals surface area contributed by atoms with Gasteiger partial charge in [0.25, 0.3) is 0 Å². The molecule has 1 aliphatic carbocycles. The van der Waals surface area contributed by atoms with Gasteiger partial charge in [0.1, 0.15) is 4.32 Å². The van der Waals surface area contributed by atoms with E-state index in [9.17, 15) is 0 Å². The van der Waals surface area contributed by atoms with Crippen LogP contribution in [0.15, 0.2) is 0 Å². The lowest BCUT2D eigenvalue weighted by atomic mass is 9.96. The summed E-state index contributed by atoms with van der Waals surface area (Å²) in [5, 5.41) is 3.45. The number of thiocarbonyl (C=S) groups is 1. The molecular formula is C10H19NS3. The summed E-state index contributed by atoms with van der Waals surface area (Å²) in [4.78, 5) is 0. The molecular weight excluding hydrogens is 230 g/mol. The molecule has 0 radical (unpaired) electrons. The third kappa shape index (κ3) is 5.47. The molecule has 0 aliphatic heterocycles. The van der Waals surface area contributed by atoms with Crippen LogP contribution in [0.5, 0.6) is 0 Å². The van der Waals surface area contributed by atoms with E-state index in [2.05, 4.69) is 17.9 Å². The van der Waals surface area contributed by atoms with Crippen molar-refractivity contribution in [1.29, 1.82) is 0 Å². The van der Waals surface area contributed by atoms with Gasteiger partial charge in [0.05, 0.1) is 0 Å². The molecule has 1 saturated carbocycles. The highest BCUT2D eigenvalue weighted by atomic mass is 32.2. The number of thioether (sulfide) groups is 1. The number of rotatable bonds is 4. The van der Waals surface area contributed by atoms with Gasteiger partial charge >= 0.3 is 0 Å². The molecule has 0 aromatic heterocycles. The summed E-state index contributed by atoms with van der Waals surface area (Å²) in [5.41, 5.74) is 0. The standard InChI is InChI=1S/C10H19NS3/c12-7-4-8-14-10(13)11-9-5-2-1-3-6-9/h9,12H,1-8H2,(H,11,13). The zero-order chi connectivity index (χ0) is 10.2. The van der Waals surface area contributed by atoms with Gasteiger partial charge in [-0.25, -0.2) is 0 Å². The van der Waals surface area contributed by atoms with Crippen molar-refractivity contribution in [2.75, 3.05) is 11.5 Å². The van der Waals surface area contributed by atoms with E-state index in [-0.39, 0.29) is 0 Å². The average Bonchev–Trinajstić information content (AvgIpc) is 2.20. The first-order valence-corrected chi connectivity index (χ1v) is 7.39. The Morgan fingerprint density at radius 3 is 2.71 bits per heavy atom. The molecule has 0 aromatic rings. The van der Waals surface area contributed by atoms with Gasteiger partial charge in [-0.3, -0.25) is 0 Å². The summed E-state index contributed by atoms with van der Waals surface area (Å²) in [7, 11) is 0. The van der Waals surface area contributed by atoms with Crippen LogP contribution in [-0.4, -0.2) is 21.9 Å². The van der Waals surface area contributed by atoms with Crippen LogP contribution in [0.25, 0.3) is 0 Å². The first-order valence-electron chi connectivity index (χ1n) is 5.37. The second-order valence-corrected chi connectivity index (χ2v) is 5.91. The fraction of sp³-hybridized carbons (Fsp3) is 0.900. The maximum atomic E-state index is 5.28. The Hall–Kier alpha value is 0.590. The van der Waals surface area contributed by atoms with E-state index in [1.807, 2.05) is 0 Å². The van der Waals surface area contributed by atoms with Gasteiger partial charge in [0.15, 0.2) is 0 Å². The SMILES string of the molecule is S=C(NC1CCCCC1)SCCCS. The molecule has 4 heteroatoms. The van der Waals surface area contributed by atoms with E-state index in [0.29, 0.717) is 6.04 Å². The molecule has 0 unspecified atom stereocenters. The van der Waals surface area contributed by atoms with Crippen molar-refractivity contribution in [3.8, 4) is 0 Å². The molecule has 0 bridgehead atoms. The second kappa shape index (κ2) is 7.83. The van der Waals surface area contributed by atoms with Crippen molar-refractivity contribution in [3.63, 3.8) is 0 Å². The summed E-state index contributed by atoms with van der Waals surface area (Å²) in [6.45, 7) is 0. The molecule has 14 heavy (non-hydrogen) atoms. The molecule has 1 aliphatic rings. The van der Waals surface area contributed by atoms with E-state index in [1.54, 1.807) is 11.8 Å². The third-order valence-electron chi connectivity index (χ3n) is 2.46. The Labute approximate surface area is 102 Å². The molecule has 1 rings (SSSR count). The first kappa shape index (κ1) is 12.7. The average molecular weight is 249 g/mol. The van der Waals surface area contributed by atoms with Crippen molar-refractivity contribution in [3.05, 3.63) is 0 Å². The van der Waals surface area contributed by atoms with Crippen molar-refractivity contribution in [1.82, 2.24) is 5.32 Å². The number of nitrogens with one attached hydrogen (secondary N) is 1. The number of hydrogen-bond donors (Lipinski definition) is 2. The first-order chi connectivity index (χ1) is 6.83. The molecule has 0 atom stereocenters. The maximum absolute atomic E-state index is 5.28. The van der Waals surface area contributed by atoms with Gasteiger partial charge in [0.2, 0.25) is 0 Å². The quantitative estimate of drug-likeness (QED) is 0.451. The summed E-state index contributed by atoms with van der Waals surface area (Å²) in [6, 6.07) is 0.653. The molecule has 0 heterocycles. The van der Waals surface area contributed by atoms with E-state index < -0.39 is 0 Å². The third-order valence-corrected chi connectivity index (χ3v) is 4.12. The van der Waals surface area contributed by atoms with Gasteiger partial charge in [-0.15, -0.1) is 0 Å².